The summed E-state index contributed by atoms with van der Waals surface area (Å²) in [6, 6.07) is 14.1. The number of nitrogens with one attached hydrogen (secondary N) is 1. The number of benzene rings is 2. The molecule has 0 bridgehead atoms. The second-order valence-corrected chi connectivity index (χ2v) is 8.44. The summed E-state index contributed by atoms with van der Waals surface area (Å²) < 4.78 is 5.25. The van der Waals surface area contributed by atoms with Crippen molar-refractivity contribution in [3.63, 3.8) is 0 Å². The van der Waals surface area contributed by atoms with Crippen LogP contribution < -0.4 is 5.32 Å². The standard InChI is InChI=1S/C23H28N2O4/c1-23(2,3)17-9-5-16(6-10-17)22(28)24-18-11-7-15(8-12-18)21(27)19-13-29-14-20(26)25(19)4/h5-12,19,21,27H,13-14H2,1-4H3,(H,24,28). The highest BCUT2D eigenvalue weighted by molar-refractivity contribution is 6.04. The van der Waals surface area contributed by atoms with Crippen LogP contribution in [0, 0.1) is 0 Å². The fourth-order valence-electron chi connectivity index (χ4n) is 3.28. The minimum absolute atomic E-state index is 0.0354. The Morgan fingerprint density at radius 2 is 1.76 bits per heavy atom. The number of hydrogen-bond acceptors (Lipinski definition) is 4. The molecule has 0 spiro atoms. The summed E-state index contributed by atoms with van der Waals surface area (Å²) in [5, 5.41) is 13.5. The van der Waals surface area contributed by atoms with Crippen molar-refractivity contribution < 1.29 is 19.4 Å². The van der Waals surface area contributed by atoms with Gasteiger partial charge in [-0.25, -0.2) is 0 Å². The number of likely N-dealkylation sites (N-methyl/N-ethyl adjacent to an activating group) is 1. The molecule has 0 aromatic heterocycles. The van der Waals surface area contributed by atoms with E-state index in [1.807, 2.05) is 24.3 Å². The molecule has 2 N–H and O–H groups in total. The van der Waals surface area contributed by atoms with E-state index in [-0.39, 0.29) is 30.4 Å². The summed E-state index contributed by atoms with van der Waals surface area (Å²) in [7, 11) is 1.66. The fourth-order valence-corrected chi connectivity index (χ4v) is 3.28. The number of carbonyl (C=O) groups is 2. The average Bonchev–Trinajstić information content (AvgIpc) is 2.69. The Balaban J connectivity index is 1.65. The summed E-state index contributed by atoms with van der Waals surface area (Å²) in [5.41, 5.74) is 3.08. The maximum absolute atomic E-state index is 12.5. The minimum atomic E-state index is -0.862. The van der Waals surface area contributed by atoms with Crippen molar-refractivity contribution in [1.82, 2.24) is 4.90 Å². The lowest BCUT2D eigenvalue weighted by atomic mass is 9.87. The Morgan fingerprint density at radius 1 is 1.14 bits per heavy atom. The van der Waals surface area contributed by atoms with Gasteiger partial charge in [-0.05, 0) is 40.8 Å². The zero-order valence-corrected chi connectivity index (χ0v) is 17.3. The van der Waals surface area contributed by atoms with E-state index in [1.165, 1.54) is 10.5 Å². The monoisotopic (exact) mass is 396 g/mol. The molecule has 2 aromatic rings. The van der Waals surface area contributed by atoms with Crippen LogP contribution in [-0.2, 0) is 14.9 Å². The van der Waals surface area contributed by atoms with Crippen LogP contribution in [0.3, 0.4) is 0 Å². The molecular weight excluding hydrogens is 368 g/mol. The number of hydrogen-bond donors (Lipinski definition) is 2. The van der Waals surface area contributed by atoms with Gasteiger partial charge in [-0.1, -0.05) is 45.0 Å². The highest BCUT2D eigenvalue weighted by atomic mass is 16.5. The number of aliphatic hydroxyl groups is 1. The molecule has 29 heavy (non-hydrogen) atoms. The molecule has 1 aliphatic heterocycles. The highest BCUT2D eigenvalue weighted by Gasteiger charge is 2.32. The van der Waals surface area contributed by atoms with Gasteiger partial charge in [0.25, 0.3) is 5.91 Å². The second-order valence-electron chi connectivity index (χ2n) is 8.44. The van der Waals surface area contributed by atoms with Crippen LogP contribution in [0.2, 0.25) is 0 Å². The molecule has 6 nitrogen and oxygen atoms in total. The first-order valence-corrected chi connectivity index (χ1v) is 9.70. The number of anilines is 1. The second kappa shape index (κ2) is 8.35. The van der Waals surface area contributed by atoms with Gasteiger partial charge in [0.05, 0.1) is 12.6 Å². The summed E-state index contributed by atoms with van der Waals surface area (Å²) in [4.78, 5) is 25.8. The predicted octanol–water partition coefficient (Wildman–Crippen LogP) is 3.13. The third-order valence-corrected chi connectivity index (χ3v) is 5.29. The molecule has 3 rings (SSSR count). The Morgan fingerprint density at radius 3 is 2.34 bits per heavy atom. The molecule has 1 saturated heterocycles. The molecule has 6 heteroatoms. The lowest BCUT2D eigenvalue weighted by molar-refractivity contribution is -0.151. The summed E-state index contributed by atoms with van der Waals surface area (Å²) >= 11 is 0. The molecule has 0 aliphatic carbocycles. The lowest BCUT2D eigenvalue weighted by Crippen LogP contribution is -2.49. The van der Waals surface area contributed by atoms with Gasteiger partial charge >= 0.3 is 0 Å². The van der Waals surface area contributed by atoms with Crippen molar-refractivity contribution in [2.75, 3.05) is 25.6 Å². The van der Waals surface area contributed by atoms with E-state index < -0.39 is 12.1 Å². The first-order chi connectivity index (χ1) is 13.7. The van der Waals surface area contributed by atoms with E-state index in [0.29, 0.717) is 16.8 Å². The Kier molecular flexibility index (Phi) is 6.05. The maximum Gasteiger partial charge on any atom is 0.255 e. The predicted molar refractivity (Wildman–Crippen MR) is 112 cm³/mol. The van der Waals surface area contributed by atoms with E-state index in [1.54, 1.807) is 31.3 Å². The zero-order valence-electron chi connectivity index (χ0n) is 17.3. The highest BCUT2D eigenvalue weighted by Crippen LogP contribution is 2.25. The SMILES string of the molecule is CN1C(=O)COCC1C(O)c1ccc(NC(=O)c2ccc(C(C)(C)C)cc2)cc1. The van der Waals surface area contributed by atoms with E-state index in [4.69, 9.17) is 4.74 Å². The van der Waals surface area contributed by atoms with Crippen molar-refractivity contribution in [3.05, 3.63) is 65.2 Å². The Bertz CT molecular complexity index is 869. The lowest BCUT2D eigenvalue weighted by Gasteiger charge is -2.35. The first kappa shape index (κ1) is 21.0. The van der Waals surface area contributed by atoms with Gasteiger partial charge in [0, 0.05) is 18.3 Å². The first-order valence-electron chi connectivity index (χ1n) is 9.70. The van der Waals surface area contributed by atoms with Gasteiger partial charge in [-0.2, -0.15) is 0 Å². The van der Waals surface area contributed by atoms with Crippen LogP contribution in [0.4, 0.5) is 5.69 Å². The van der Waals surface area contributed by atoms with Crippen LogP contribution in [0.25, 0.3) is 0 Å². The van der Waals surface area contributed by atoms with Crippen molar-refractivity contribution in [2.24, 2.45) is 0 Å². The summed E-state index contributed by atoms with van der Waals surface area (Å²) in [6.07, 6.45) is -0.862. The quantitative estimate of drug-likeness (QED) is 0.832. The van der Waals surface area contributed by atoms with Crippen LogP contribution in [0.5, 0.6) is 0 Å². The van der Waals surface area contributed by atoms with E-state index >= 15 is 0 Å². The van der Waals surface area contributed by atoms with Crippen LogP contribution in [0.1, 0.15) is 48.4 Å². The summed E-state index contributed by atoms with van der Waals surface area (Å²) in [5.74, 6) is -0.341. The number of carbonyl (C=O) groups excluding carboxylic acids is 2. The fraction of sp³-hybridized carbons (Fsp3) is 0.391. The molecule has 2 aromatic carbocycles. The summed E-state index contributed by atoms with van der Waals surface area (Å²) in [6.45, 7) is 6.72. The number of rotatable bonds is 4. The van der Waals surface area contributed by atoms with E-state index in [2.05, 4.69) is 26.1 Å². The number of ether oxygens (including phenoxy) is 1. The molecule has 1 heterocycles. The average molecular weight is 396 g/mol. The molecule has 1 aliphatic rings. The van der Waals surface area contributed by atoms with Crippen molar-refractivity contribution in [3.8, 4) is 0 Å². The third kappa shape index (κ3) is 4.83. The number of aliphatic hydroxyl groups excluding tert-OH is 1. The smallest absolute Gasteiger partial charge is 0.255 e. The molecule has 2 unspecified atom stereocenters. The minimum Gasteiger partial charge on any atom is -0.386 e. The van der Waals surface area contributed by atoms with E-state index in [9.17, 15) is 14.7 Å². The van der Waals surface area contributed by atoms with Crippen molar-refractivity contribution >= 4 is 17.5 Å². The molecule has 0 radical (unpaired) electrons. The maximum atomic E-state index is 12.5. The molecule has 154 valence electrons. The molecule has 2 atom stereocenters. The topological polar surface area (TPSA) is 78.9 Å². The van der Waals surface area contributed by atoms with Gasteiger partial charge in [0.15, 0.2) is 0 Å². The van der Waals surface area contributed by atoms with Crippen LogP contribution in [-0.4, -0.2) is 48.1 Å². The van der Waals surface area contributed by atoms with Gasteiger partial charge in [0.2, 0.25) is 5.91 Å². The number of morpholine rings is 1. The largest absolute Gasteiger partial charge is 0.386 e. The van der Waals surface area contributed by atoms with Crippen molar-refractivity contribution in [1.29, 1.82) is 0 Å². The number of amides is 2. The normalized spacial score (nSPS) is 18.4. The van der Waals surface area contributed by atoms with Gasteiger partial charge in [0.1, 0.15) is 12.7 Å². The zero-order chi connectivity index (χ0) is 21.2. The Hall–Kier alpha value is -2.70. The third-order valence-electron chi connectivity index (χ3n) is 5.29. The van der Waals surface area contributed by atoms with Crippen LogP contribution in [0.15, 0.2) is 48.5 Å². The van der Waals surface area contributed by atoms with Gasteiger partial charge < -0.3 is 20.1 Å². The molecular formula is C23H28N2O4. The van der Waals surface area contributed by atoms with Crippen LogP contribution >= 0.6 is 0 Å². The molecule has 0 saturated carbocycles. The van der Waals surface area contributed by atoms with E-state index in [0.717, 1.165) is 0 Å². The number of nitrogens with zero attached hydrogens (tertiary/aromatic N) is 1. The van der Waals surface area contributed by atoms with Crippen molar-refractivity contribution in [2.45, 2.75) is 38.3 Å². The molecule has 2 amide bonds. The van der Waals surface area contributed by atoms with Gasteiger partial charge in [-0.3, -0.25) is 9.59 Å². The molecule has 1 fully saturated rings. The Labute approximate surface area is 171 Å². The van der Waals surface area contributed by atoms with Gasteiger partial charge in [-0.15, -0.1) is 0 Å².